The van der Waals surface area contributed by atoms with Crippen LogP contribution in [-0.4, -0.2) is 32.8 Å². The van der Waals surface area contributed by atoms with Gasteiger partial charge in [0.1, 0.15) is 11.3 Å². The minimum absolute atomic E-state index is 0.179. The molecule has 24 heavy (non-hydrogen) atoms. The zero-order valence-electron chi connectivity index (χ0n) is 13.3. The van der Waals surface area contributed by atoms with E-state index in [4.69, 9.17) is 20.8 Å². The van der Waals surface area contributed by atoms with Gasteiger partial charge in [-0.3, -0.25) is 4.79 Å². The first-order chi connectivity index (χ1) is 11.4. The summed E-state index contributed by atoms with van der Waals surface area (Å²) in [6, 6.07) is 2.96. The molecule has 0 amide bonds. The molecular formula is C16H15ClO7. The summed E-state index contributed by atoms with van der Waals surface area (Å²) in [7, 11) is 2.47. The topological polar surface area (TPSA) is 92.0 Å². The number of halogens is 1. The van der Waals surface area contributed by atoms with Crippen LogP contribution >= 0.6 is 11.6 Å². The van der Waals surface area contributed by atoms with Crippen LogP contribution in [0.2, 0.25) is 5.02 Å². The summed E-state index contributed by atoms with van der Waals surface area (Å²) in [6.45, 7) is 1.36. The van der Waals surface area contributed by atoms with Gasteiger partial charge in [-0.15, -0.1) is 0 Å². The van der Waals surface area contributed by atoms with Crippen molar-refractivity contribution in [1.29, 1.82) is 0 Å². The quantitative estimate of drug-likeness (QED) is 0.599. The van der Waals surface area contributed by atoms with Crippen molar-refractivity contribution >= 4 is 34.5 Å². The molecule has 0 fully saturated rings. The number of aryl methyl sites for hydroxylation is 1. The van der Waals surface area contributed by atoms with Crippen molar-refractivity contribution < 1.29 is 28.2 Å². The van der Waals surface area contributed by atoms with Gasteiger partial charge in [0.05, 0.1) is 31.2 Å². The molecule has 0 atom stereocenters. The number of ether oxygens (including phenoxy) is 3. The molecule has 1 aromatic heterocycles. The van der Waals surface area contributed by atoms with Crippen LogP contribution in [0.25, 0.3) is 11.0 Å². The van der Waals surface area contributed by atoms with Crippen LogP contribution in [0.5, 0.6) is 5.75 Å². The Labute approximate surface area is 142 Å². The van der Waals surface area contributed by atoms with Crippen molar-refractivity contribution in [2.75, 3.05) is 20.8 Å². The van der Waals surface area contributed by atoms with Crippen molar-refractivity contribution in [2.45, 2.75) is 13.3 Å². The van der Waals surface area contributed by atoms with Crippen LogP contribution in [0.3, 0.4) is 0 Å². The fourth-order valence-electron chi connectivity index (χ4n) is 2.12. The summed E-state index contributed by atoms with van der Waals surface area (Å²) >= 11 is 6.14. The number of hydrogen-bond donors (Lipinski definition) is 0. The van der Waals surface area contributed by atoms with Crippen molar-refractivity contribution in [1.82, 2.24) is 0 Å². The van der Waals surface area contributed by atoms with Gasteiger partial charge < -0.3 is 18.6 Å². The molecule has 0 bridgehead atoms. The lowest BCUT2D eigenvalue weighted by Crippen LogP contribution is -2.16. The minimum Gasteiger partial charge on any atom is -0.480 e. The standard InChI is InChI=1S/C16H15ClO7/c1-8-9-4-11(17)13(23-7-15(19)22-3)6-12(9)24-16(20)10(8)5-14(18)21-2/h4,6H,5,7H2,1-3H3. The van der Waals surface area contributed by atoms with E-state index in [0.717, 1.165) is 0 Å². The Balaban J connectivity index is 2.48. The normalized spacial score (nSPS) is 10.5. The van der Waals surface area contributed by atoms with Crippen molar-refractivity contribution in [3.05, 3.63) is 38.7 Å². The molecule has 128 valence electrons. The number of carbonyl (C=O) groups excluding carboxylic acids is 2. The number of rotatable bonds is 5. The third-order valence-corrected chi connectivity index (χ3v) is 3.76. The highest BCUT2D eigenvalue weighted by atomic mass is 35.5. The first kappa shape index (κ1) is 17.8. The first-order valence-corrected chi connectivity index (χ1v) is 7.27. The van der Waals surface area contributed by atoms with Crippen molar-refractivity contribution in [3.8, 4) is 5.75 Å². The number of carbonyl (C=O) groups is 2. The Morgan fingerprint density at radius 3 is 2.46 bits per heavy atom. The summed E-state index contributed by atoms with van der Waals surface area (Å²) in [5.41, 5.74) is 0.351. The molecule has 2 rings (SSSR count). The van der Waals surface area contributed by atoms with E-state index in [1.165, 1.54) is 20.3 Å². The Hall–Kier alpha value is -2.54. The summed E-state index contributed by atoms with van der Waals surface area (Å²) < 4.78 is 19.5. The molecule has 1 aromatic carbocycles. The lowest BCUT2D eigenvalue weighted by Gasteiger charge is -2.11. The van der Waals surface area contributed by atoms with E-state index in [1.807, 2.05) is 0 Å². The maximum atomic E-state index is 12.1. The molecule has 0 aliphatic rings. The van der Waals surface area contributed by atoms with Crippen LogP contribution in [0.15, 0.2) is 21.3 Å². The average molecular weight is 355 g/mol. The number of esters is 2. The second-order valence-electron chi connectivity index (χ2n) is 4.89. The molecule has 0 aliphatic carbocycles. The first-order valence-electron chi connectivity index (χ1n) is 6.89. The molecule has 0 unspecified atom stereocenters. The lowest BCUT2D eigenvalue weighted by molar-refractivity contribution is -0.143. The molecule has 0 spiro atoms. The second kappa shape index (κ2) is 7.35. The number of benzene rings is 1. The van der Waals surface area contributed by atoms with E-state index >= 15 is 0 Å². The second-order valence-corrected chi connectivity index (χ2v) is 5.30. The molecule has 2 aromatic rings. The van der Waals surface area contributed by atoms with Gasteiger partial charge >= 0.3 is 17.6 Å². The van der Waals surface area contributed by atoms with E-state index in [0.29, 0.717) is 10.9 Å². The maximum absolute atomic E-state index is 12.1. The summed E-state index contributed by atoms with van der Waals surface area (Å²) in [5, 5.41) is 0.788. The molecule has 0 aliphatic heterocycles. The zero-order chi connectivity index (χ0) is 17.9. The maximum Gasteiger partial charge on any atom is 0.343 e. The fourth-order valence-corrected chi connectivity index (χ4v) is 2.34. The Kier molecular flexibility index (Phi) is 5.46. The van der Waals surface area contributed by atoms with Crippen LogP contribution in [0, 0.1) is 6.92 Å². The lowest BCUT2D eigenvalue weighted by atomic mass is 10.0. The largest absolute Gasteiger partial charge is 0.480 e. The highest BCUT2D eigenvalue weighted by molar-refractivity contribution is 6.32. The van der Waals surface area contributed by atoms with E-state index in [2.05, 4.69) is 9.47 Å². The minimum atomic E-state index is -0.647. The Bertz CT molecular complexity index is 854. The van der Waals surface area contributed by atoms with Gasteiger partial charge in [-0.25, -0.2) is 9.59 Å². The molecule has 0 radical (unpaired) electrons. The van der Waals surface area contributed by atoms with Gasteiger partial charge in [0, 0.05) is 11.5 Å². The Morgan fingerprint density at radius 1 is 1.17 bits per heavy atom. The number of methoxy groups -OCH3 is 2. The third-order valence-electron chi connectivity index (χ3n) is 3.46. The van der Waals surface area contributed by atoms with Crippen molar-refractivity contribution in [2.24, 2.45) is 0 Å². The van der Waals surface area contributed by atoms with Crippen LogP contribution in [0.1, 0.15) is 11.1 Å². The average Bonchev–Trinajstić information content (AvgIpc) is 2.57. The predicted molar refractivity (Wildman–Crippen MR) is 85.5 cm³/mol. The van der Waals surface area contributed by atoms with Crippen LogP contribution in [0.4, 0.5) is 0 Å². The van der Waals surface area contributed by atoms with Crippen LogP contribution in [-0.2, 0) is 25.5 Å². The van der Waals surface area contributed by atoms with E-state index in [9.17, 15) is 14.4 Å². The smallest absolute Gasteiger partial charge is 0.343 e. The van der Waals surface area contributed by atoms with E-state index in [-0.39, 0.29) is 34.9 Å². The predicted octanol–water partition coefficient (Wildman–Crippen LogP) is 2.02. The SMILES string of the molecule is COC(=O)COc1cc2oc(=O)c(CC(=O)OC)c(C)c2cc1Cl. The molecule has 1 heterocycles. The van der Waals surface area contributed by atoms with Gasteiger partial charge in [-0.1, -0.05) is 11.6 Å². The number of hydrogen-bond acceptors (Lipinski definition) is 7. The monoisotopic (exact) mass is 354 g/mol. The molecule has 0 N–H and O–H groups in total. The highest BCUT2D eigenvalue weighted by Crippen LogP contribution is 2.32. The van der Waals surface area contributed by atoms with Crippen molar-refractivity contribution in [3.63, 3.8) is 0 Å². The van der Waals surface area contributed by atoms with Gasteiger partial charge in [0.15, 0.2) is 6.61 Å². The van der Waals surface area contributed by atoms with Gasteiger partial charge in [-0.2, -0.15) is 0 Å². The molecule has 0 saturated carbocycles. The molecular weight excluding hydrogens is 340 g/mol. The fraction of sp³-hybridized carbons (Fsp3) is 0.312. The molecule has 8 heteroatoms. The van der Waals surface area contributed by atoms with E-state index in [1.54, 1.807) is 13.0 Å². The summed E-state index contributed by atoms with van der Waals surface area (Å²) in [6.07, 6.45) is -0.196. The summed E-state index contributed by atoms with van der Waals surface area (Å²) in [5.74, 6) is -0.941. The molecule has 7 nitrogen and oxygen atoms in total. The highest BCUT2D eigenvalue weighted by Gasteiger charge is 2.17. The van der Waals surface area contributed by atoms with Crippen LogP contribution < -0.4 is 10.4 Å². The van der Waals surface area contributed by atoms with Gasteiger partial charge in [-0.05, 0) is 18.6 Å². The molecule has 0 saturated heterocycles. The van der Waals surface area contributed by atoms with Gasteiger partial charge in [0.25, 0.3) is 0 Å². The Morgan fingerprint density at radius 2 is 1.83 bits per heavy atom. The van der Waals surface area contributed by atoms with E-state index < -0.39 is 17.6 Å². The van der Waals surface area contributed by atoms with Gasteiger partial charge in [0.2, 0.25) is 0 Å². The number of fused-ring (bicyclic) bond motifs is 1. The third kappa shape index (κ3) is 3.68. The zero-order valence-corrected chi connectivity index (χ0v) is 14.1. The summed E-state index contributed by atoms with van der Waals surface area (Å²) in [4.78, 5) is 34.7.